The molecule has 3 aromatic carbocycles. The lowest BCUT2D eigenvalue weighted by molar-refractivity contribution is -0.275. The van der Waals surface area contributed by atoms with Crippen molar-refractivity contribution in [1.29, 1.82) is 0 Å². The molecule has 0 radical (unpaired) electrons. The number of carboxylic acid groups (broad SMARTS) is 1. The zero-order valence-electron chi connectivity index (χ0n) is 27.4. The Bertz CT molecular complexity index is 1330. The summed E-state index contributed by atoms with van der Waals surface area (Å²) in [5, 5.41) is 13.5. The molecule has 0 saturated heterocycles. The van der Waals surface area contributed by atoms with Crippen LogP contribution in [0.15, 0.2) is 72.8 Å². The van der Waals surface area contributed by atoms with Gasteiger partial charge in [-0.05, 0) is 78.4 Å². The summed E-state index contributed by atoms with van der Waals surface area (Å²) in [6.07, 6.45) is -6.67. The van der Waals surface area contributed by atoms with Gasteiger partial charge in [0.1, 0.15) is 11.5 Å². The molecule has 0 heterocycles. The van der Waals surface area contributed by atoms with E-state index >= 15 is 0 Å². The Balaban J connectivity index is 0.00000102. The van der Waals surface area contributed by atoms with E-state index in [9.17, 15) is 40.7 Å². The second-order valence-corrected chi connectivity index (χ2v) is 9.24. The number of nitrogens with one attached hydrogen (secondary N) is 2. The van der Waals surface area contributed by atoms with Crippen molar-refractivity contribution < 1.29 is 55.3 Å². The second-order valence-electron chi connectivity index (χ2n) is 9.24. The number of carbonyl (C=O) groups is 3. The Labute approximate surface area is 276 Å². The number of amides is 2. The first-order valence-corrected chi connectivity index (χ1v) is 15.2. The predicted molar refractivity (Wildman–Crippen MR) is 171 cm³/mol. The molecule has 0 fully saturated rings. The average Bonchev–Trinajstić information content (AvgIpc) is 3.03. The number of ether oxygens (including phenoxy) is 2. The fraction of sp³-hybridized carbons (Fsp3) is 0.382. The third-order valence-electron chi connectivity index (χ3n) is 5.86. The number of hydrogen-bond donors (Lipinski definition) is 3. The molecule has 0 aliphatic rings. The highest BCUT2D eigenvalue weighted by Crippen LogP contribution is 2.28. The quantitative estimate of drug-likeness (QED) is 0.122. The molecular formula is C34H42F6N2O6. The van der Waals surface area contributed by atoms with Crippen molar-refractivity contribution in [2.45, 2.75) is 78.9 Å². The Morgan fingerprint density at radius 1 is 0.792 bits per heavy atom. The Kier molecular flexibility index (Phi) is 20.5. The number of rotatable bonds is 13. The number of carboxylic acids is 1. The number of benzene rings is 3. The third kappa shape index (κ3) is 19.0. The van der Waals surface area contributed by atoms with Crippen molar-refractivity contribution >= 4 is 24.0 Å². The smallest absolute Gasteiger partial charge is 0.481 e. The number of alkyl halides is 6. The third-order valence-corrected chi connectivity index (χ3v) is 5.86. The topological polar surface area (TPSA) is 114 Å². The van der Waals surface area contributed by atoms with Crippen LogP contribution in [0.3, 0.4) is 0 Å². The SMILES string of the molecule is CC.CC.CCC[C@H](Cc1ccc(OC(F)(F)F)cc1)c1ccc(C(=O)NCCC(=O)O)cc1.O=CNc1ccc(OC(F)(F)F)cc1. The van der Waals surface area contributed by atoms with E-state index in [0.717, 1.165) is 36.1 Å². The molecule has 3 aromatic rings. The summed E-state index contributed by atoms with van der Waals surface area (Å²) in [6, 6.07) is 17.8. The highest BCUT2D eigenvalue weighted by Gasteiger charge is 2.31. The summed E-state index contributed by atoms with van der Waals surface area (Å²) in [4.78, 5) is 32.5. The fourth-order valence-electron chi connectivity index (χ4n) is 3.96. The maximum atomic E-state index is 12.3. The summed E-state index contributed by atoms with van der Waals surface area (Å²) in [5.41, 5.74) is 2.75. The highest BCUT2D eigenvalue weighted by molar-refractivity contribution is 5.94. The van der Waals surface area contributed by atoms with Crippen molar-refractivity contribution in [3.63, 3.8) is 0 Å². The van der Waals surface area contributed by atoms with E-state index in [-0.39, 0.29) is 36.3 Å². The summed E-state index contributed by atoms with van der Waals surface area (Å²) in [5.74, 6) is -1.75. The van der Waals surface area contributed by atoms with Gasteiger partial charge in [-0.15, -0.1) is 26.3 Å². The van der Waals surface area contributed by atoms with Gasteiger partial charge >= 0.3 is 18.7 Å². The van der Waals surface area contributed by atoms with Crippen LogP contribution in [-0.4, -0.2) is 42.7 Å². The van der Waals surface area contributed by atoms with Crippen LogP contribution < -0.4 is 20.1 Å². The number of carbonyl (C=O) groups excluding carboxylic acids is 2. The Hall–Kier alpha value is -4.75. The van der Waals surface area contributed by atoms with Gasteiger partial charge < -0.3 is 25.2 Å². The van der Waals surface area contributed by atoms with Gasteiger partial charge in [-0.1, -0.05) is 65.3 Å². The molecule has 0 aliphatic carbocycles. The van der Waals surface area contributed by atoms with Gasteiger partial charge in [-0.3, -0.25) is 14.4 Å². The van der Waals surface area contributed by atoms with Crippen molar-refractivity contribution in [2.24, 2.45) is 0 Å². The molecule has 2 amide bonds. The fourth-order valence-corrected chi connectivity index (χ4v) is 3.96. The minimum atomic E-state index is -4.71. The summed E-state index contributed by atoms with van der Waals surface area (Å²) >= 11 is 0. The number of hydrogen-bond acceptors (Lipinski definition) is 5. The van der Waals surface area contributed by atoms with E-state index in [2.05, 4.69) is 27.0 Å². The maximum Gasteiger partial charge on any atom is 0.573 e. The average molecular weight is 689 g/mol. The minimum absolute atomic E-state index is 0.0580. The van der Waals surface area contributed by atoms with Gasteiger partial charge in [-0.2, -0.15) is 0 Å². The molecule has 3 rings (SSSR count). The van der Waals surface area contributed by atoms with E-state index in [1.54, 1.807) is 24.3 Å². The normalized spacial score (nSPS) is 11.1. The Morgan fingerprint density at radius 2 is 1.27 bits per heavy atom. The van der Waals surface area contributed by atoms with Gasteiger partial charge in [-0.25, -0.2) is 0 Å². The van der Waals surface area contributed by atoms with Crippen LogP contribution in [0.4, 0.5) is 32.0 Å². The van der Waals surface area contributed by atoms with Crippen LogP contribution in [0.25, 0.3) is 0 Å². The lowest BCUT2D eigenvalue weighted by Gasteiger charge is -2.18. The minimum Gasteiger partial charge on any atom is -0.481 e. The predicted octanol–water partition coefficient (Wildman–Crippen LogP) is 9.12. The summed E-state index contributed by atoms with van der Waals surface area (Å²) in [6.45, 7) is 10.1. The maximum absolute atomic E-state index is 12.3. The molecule has 8 nitrogen and oxygen atoms in total. The molecule has 3 N–H and O–H groups in total. The molecule has 0 aliphatic heterocycles. The van der Waals surface area contributed by atoms with Gasteiger partial charge in [0.05, 0.1) is 6.42 Å². The van der Waals surface area contributed by atoms with Crippen LogP contribution in [-0.2, 0) is 16.0 Å². The van der Waals surface area contributed by atoms with Gasteiger partial charge in [0, 0.05) is 17.8 Å². The Morgan fingerprint density at radius 3 is 1.69 bits per heavy atom. The molecule has 0 aromatic heterocycles. The molecule has 1 atom stereocenters. The molecule has 48 heavy (non-hydrogen) atoms. The molecule has 0 unspecified atom stereocenters. The van der Waals surface area contributed by atoms with Crippen LogP contribution in [0, 0.1) is 0 Å². The molecular weight excluding hydrogens is 646 g/mol. The first-order chi connectivity index (χ1) is 22.7. The standard InChI is InChI=1S/C22H24F3NO4.C8H6F3NO2.2C2H6/c1-2-3-18(14-15-4-10-19(11-5-15)30-22(23,24)25)16-6-8-17(9-7-16)21(29)26-13-12-20(27)28;9-8(10,11)14-7-3-1-6(2-4-7)12-5-13;2*1-2/h4-11,18H,2-3,12-14H2,1H3,(H,26,29)(H,27,28);1-5H,(H,12,13);2*1-2H3/t18-;;;/m1.../s1. The van der Waals surface area contributed by atoms with Gasteiger partial charge in [0.15, 0.2) is 0 Å². The van der Waals surface area contributed by atoms with Crippen LogP contribution in [0.1, 0.15) is 81.3 Å². The van der Waals surface area contributed by atoms with E-state index < -0.39 is 18.7 Å². The monoisotopic (exact) mass is 688 g/mol. The zero-order chi connectivity index (χ0) is 36.8. The zero-order valence-corrected chi connectivity index (χ0v) is 27.4. The highest BCUT2D eigenvalue weighted by atomic mass is 19.4. The lowest BCUT2D eigenvalue weighted by atomic mass is 9.88. The first-order valence-electron chi connectivity index (χ1n) is 15.2. The van der Waals surface area contributed by atoms with E-state index in [1.807, 2.05) is 39.8 Å². The first kappa shape index (κ1) is 43.2. The van der Waals surface area contributed by atoms with Crippen LogP contribution in [0.2, 0.25) is 0 Å². The van der Waals surface area contributed by atoms with Crippen molar-refractivity contribution in [3.8, 4) is 11.5 Å². The van der Waals surface area contributed by atoms with Crippen molar-refractivity contribution in [2.75, 3.05) is 11.9 Å². The molecule has 14 heteroatoms. The van der Waals surface area contributed by atoms with E-state index in [4.69, 9.17) is 5.11 Å². The van der Waals surface area contributed by atoms with Crippen LogP contribution in [0.5, 0.6) is 11.5 Å². The lowest BCUT2D eigenvalue weighted by Crippen LogP contribution is -2.25. The summed E-state index contributed by atoms with van der Waals surface area (Å²) in [7, 11) is 0. The van der Waals surface area contributed by atoms with E-state index in [0.29, 0.717) is 24.1 Å². The van der Waals surface area contributed by atoms with E-state index in [1.165, 1.54) is 24.3 Å². The van der Waals surface area contributed by atoms with Crippen molar-refractivity contribution in [1.82, 2.24) is 5.32 Å². The molecule has 0 spiro atoms. The largest absolute Gasteiger partial charge is 0.573 e. The van der Waals surface area contributed by atoms with Crippen LogP contribution >= 0.6 is 0 Å². The van der Waals surface area contributed by atoms with Gasteiger partial charge in [0.2, 0.25) is 6.41 Å². The van der Waals surface area contributed by atoms with Gasteiger partial charge in [0.25, 0.3) is 5.91 Å². The van der Waals surface area contributed by atoms with Crippen molar-refractivity contribution in [3.05, 3.63) is 89.5 Å². The number of anilines is 1. The molecule has 266 valence electrons. The number of aliphatic carboxylic acids is 1. The molecule has 0 bridgehead atoms. The second kappa shape index (κ2) is 22.7. The summed E-state index contributed by atoms with van der Waals surface area (Å²) < 4.78 is 79.5. The number of halogens is 6. The molecule has 0 saturated carbocycles.